The summed E-state index contributed by atoms with van der Waals surface area (Å²) in [6.45, 7) is 4.27. The number of guanidine groups is 1. The minimum Gasteiger partial charge on any atom is -0.369 e. The quantitative estimate of drug-likeness (QED) is 0.458. The first-order chi connectivity index (χ1) is 7.59. The molecule has 16 heavy (non-hydrogen) atoms. The van der Waals surface area contributed by atoms with E-state index < -0.39 is 0 Å². The van der Waals surface area contributed by atoms with E-state index in [1.807, 2.05) is 30.3 Å². The van der Waals surface area contributed by atoms with Gasteiger partial charge in [0.15, 0.2) is 0 Å². The van der Waals surface area contributed by atoms with Crippen molar-refractivity contribution in [1.82, 2.24) is 0 Å². The van der Waals surface area contributed by atoms with Gasteiger partial charge in [-0.05, 0) is 17.9 Å². The van der Waals surface area contributed by atoms with Crippen LogP contribution < -0.4 is 11.5 Å². The molecule has 0 fully saturated rings. The van der Waals surface area contributed by atoms with E-state index in [1.54, 1.807) is 0 Å². The SMILES string of the molecule is CC(C)CC(=NN=C(N)N)c1ccccc1. The standard InChI is InChI=1S/C12H18N4/c1-9(2)8-11(15-16-12(13)14)10-6-4-3-5-7-10/h3-7,9H,8H2,1-2H3,(H4,13,14,16). The molecular weight excluding hydrogens is 200 g/mol. The lowest BCUT2D eigenvalue weighted by Crippen LogP contribution is -2.22. The van der Waals surface area contributed by atoms with Gasteiger partial charge in [0.25, 0.3) is 0 Å². The average Bonchev–Trinajstić information content (AvgIpc) is 2.25. The average molecular weight is 218 g/mol. The molecule has 0 atom stereocenters. The summed E-state index contributed by atoms with van der Waals surface area (Å²) in [7, 11) is 0. The van der Waals surface area contributed by atoms with Crippen LogP contribution in [0.3, 0.4) is 0 Å². The van der Waals surface area contributed by atoms with E-state index in [-0.39, 0.29) is 5.96 Å². The summed E-state index contributed by atoms with van der Waals surface area (Å²) < 4.78 is 0. The van der Waals surface area contributed by atoms with Crippen molar-refractivity contribution in [2.75, 3.05) is 0 Å². The molecule has 0 saturated carbocycles. The molecule has 4 heteroatoms. The predicted octanol–water partition coefficient (Wildman–Crippen LogP) is 1.71. The predicted molar refractivity (Wildman–Crippen MR) is 68.2 cm³/mol. The third kappa shape index (κ3) is 4.13. The molecule has 86 valence electrons. The number of rotatable bonds is 4. The van der Waals surface area contributed by atoms with Crippen LogP contribution in [0.1, 0.15) is 25.8 Å². The maximum Gasteiger partial charge on any atom is 0.211 e. The van der Waals surface area contributed by atoms with Crippen LogP contribution in [-0.2, 0) is 0 Å². The van der Waals surface area contributed by atoms with Gasteiger partial charge in [0.2, 0.25) is 5.96 Å². The highest BCUT2D eigenvalue weighted by atomic mass is 15.3. The molecule has 4 N–H and O–H groups in total. The van der Waals surface area contributed by atoms with Gasteiger partial charge in [-0.25, -0.2) is 0 Å². The highest BCUT2D eigenvalue weighted by Crippen LogP contribution is 2.10. The lowest BCUT2D eigenvalue weighted by Gasteiger charge is -2.07. The fourth-order valence-corrected chi connectivity index (χ4v) is 1.35. The molecule has 0 aliphatic carbocycles. The second-order valence-corrected chi connectivity index (χ2v) is 4.04. The largest absolute Gasteiger partial charge is 0.369 e. The fraction of sp³-hybridized carbons (Fsp3) is 0.333. The van der Waals surface area contributed by atoms with E-state index in [0.29, 0.717) is 5.92 Å². The van der Waals surface area contributed by atoms with Crippen molar-refractivity contribution in [3.8, 4) is 0 Å². The van der Waals surface area contributed by atoms with Crippen LogP contribution in [0.5, 0.6) is 0 Å². The Hall–Kier alpha value is -1.84. The van der Waals surface area contributed by atoms with E-state index >= 15 is 0 Å². The molecule has 0 aliphatic heterocycles. The molecule has 0 amide bonds. The summed E-state index contributed by atoms with van der Waals surface area (Å²) in [4.78, 5) is 0. The summed E-state index contributed by atoms with van der Waals surface area (Å²) in [5, 5.41) is 7.80. The van der Waals surface area contributed by atoms with Crippen LogP contribution in [0.25, 0.3) is 0 Å². The summed E-state index contributed by atoms with van der Waals surface area (Å²) in [5.74, 6) is 0.491. The van der Waals surface area contributed by atoms with Gasteiger partial charge in [0.1, 0.15) is 0 Å². The lowest BCUT2D eigenvalue weighted by atomic mass is 10.0. The van der Waals surface area contributed by atoms with Crippen molar-refractivity contribution in [3.63, 3.8) is 0 Å². The smallest absolute Gasteiger partial charge is 0.211 e. The Kier molecular flexibility index (Phi) is 4.51. The first-order valence-corrected chi connectivity index (χ1v) is 5.30. The van der Waals surface area contributed by atoms with E-state index in [1.165, 1.54) is 0 Å². The van der Waals surface area contributed by atoms with Gasteiger partial charge < -0.3 is 11.5 Å². The fourth-order valence-electron chi connectivity index (χ4n) is 1.35. The molecule has 0 aromatic heterocycles. The van der Waals surface area contributed by atoms with Crippen LogP contribution in [0.4, 0.5) is 0 Å². The van der Waals surface area contributed by atoms with Crippen molar-refractivity contribution < 1.29 is 0 Å². The van der Waals surface area contributed by atoms with Crippen molar-refractivity contribution in [1.29, 1.82) is 0 Å². The molecule has 0 saturated heterocycles. The van der Waals surface area contributed by atoms with Gasteiger partial charge in [-0.3, -0.25) is 0 Å². The van der Waals surface area contributed by atoms with Crippen molar-refractivity contribution in [2.45, 2.75) is 20.3 Å². The Balaban J connectivity index is 2.97. The molecule has 1 aromatic carbocycles. The van der Waals surface area contributed by atoms with Crippen LogP contribution in [0.15, 0.2) is 40.5 Å². The van der Waals surface area contributed by atoms with Crippen LogP contribution in [0.2, 0.25) is 0 Å². The summed E-state index contributed by atoms with van der Waals surface area (Å²) in [6.07, 6.45) is 0.848. The monoisotopic (exact) mass is 218 g/mol. The number of hydrogen-bond donors (Lipinski definition) is 2. The molecular formula is C12H18N4. The maximum atomic E-state index is 5.27. The molecule has 0 spiro atoms. The van der Waals surface area contributed by atoms with Crippen molar-refractivity contribution in [3.05, 3.63) is 35.9 Å². The van der Waals surface area contributed by atoms with Gasteiger partial charge in [-0.1, -0.05) is 44.2 Å². The van der Waals surface area contributed by atoms with Gasteiger partial charge in [-0.15, -0.1) is 5.10 Å². The molecule has 1 aromatic rings. The van der Waals surface area contributed by atoms with E-state index in [4.69, 9.17) is 11.5 Å². The lowest BCUT2D eigenvalue weighted by molar-refractivity contribution is 0.683. The van der Waals surface area contributed by atoms with Gasteiger partial charge >= 0.3 is 0 Å². The van der Waals surface area contributed by atoms with Crippen LogP contribution in [-0.4, -0.2) is 11.7 Å². The molecule has 0 radical (unpaired) electrons. The van der Waals surface area contributed by atoms with Gasteiger partial charge in [-0.2, -0.15) is 5.10 Å². The Labute approximate surface area is 96.1 Å². The molecule has 0 aliphatic rings. The van der Waals surface area contributed by atoms with Gasteiger partial charge in [0, 0.05) is 0 Å². The normalized spacial score (nSPS) is 11.6. The minimum atomic E-state index is -0.0165. The van der Waals surface area contributed by atoms with Crippen LogP contribution in [0, 0.1) is 5.92 Å². The number of benzene rings is 1. The Morgan fingerprint density at radius 3 is 2.25 bits per heavy atom. The summed E-state index contributed by atoms with van der Waals surface area (Å²) in [5.41, 5.74) is 12.5. The van der Waals surface area contributed by atoms with E-state index in [9.17, 15) is 0 Å². The topological polar surface area (TPSA) is 76.8 Å². The third-order valence-electron chi connectivity index (χ3n) is 1.99. The van der Waals surface area contributed by atoms with E-state index in [2.05, 4.69) is 24.1 Å². The number of hydrogen-bond acceptors (Lipinski definition) is 2. The molecule has 4 nitrogen and oxygen atoms in total. The third-order valence-corrected chi connectivity index (χ3v) is 1.99. The van der Waals surface area contributed by atoms with E-state index in [0.717, 1.165) is 17.7 Å². The minimum absolute atomic E-state index is 0.0165. The molecule has 1 rings (SSSR count). The van der Waals surface area contributed by atoms with Crippen molar-refractivity contribution >= 4 is 11.7 Å². The first kappa shape index (κ1) is 12.2. The Morgan fingerprint density at radius 1 is 1.12 bits per heavy atom. The second-order valence-electron chi connectivity index (χ2n) is 4.04. The Bertz CT molecular complexity index is 375. The zero-order valence-electron chi connectivity index (χ0n) is 9.72. The highest BCUT2D eigenvalue weighted by Gasteiger charge is 2.05. The zero-order valence-corrected chi connectivity index (χ0v) is 9.72. The summed E-state index contributed by atoms with van der Waals surface area (Å²) in [6, 6.07) is 9.92. The highest BCUT2D eigenvalue weighted by molar-refractivity contribution is 6.00. The summed E-state index contributed by atoms with van der Waals surface area (Å²) >= 11 is 0. The molecule has 0 bridgehead atoms. The second kappa shape index (κ2) is 5.90. The zero-order chi connectivity index (χ0) is 12.0. The molecule has 0 unspecified atom stereocenters. The van der Waals surface area contributed by atoms with Crippen LogP contribution >= 0.6 is 0 Å². The Morgan fingerprint density at radius 2 is 1.75 bits per heavy atom. The first-order valence-electron chi connectivity index (χ1n) is 5.30. The number of nitrogens with two attached hydrogens (primary N) is 2. The van der Waals surface area contributed by atoms with Gasteiger partial charge in [0.05, 0.1) is 5.71 Å². The van der Waals surface area contributed by atoms with Crippen molar-refractivity contribution in [2.24, 2.45) is 27.6 Å². The number of nitrogens with zero attached hydrogens (tertiary/aromatic N) is 2. The molecule has 0 heterocycles. The maximum absolute atomic E-state index is 5.27.